The molecule has 238 valence electrons. The molecular weight excluding hydrogens is 619 g/mol. The summed E-state index contributed by atoms with van der Waals surface area (Å²) in [6.45, 7) is 0. The minimum Gasteiger partial charge on any atom is -0.309 e. The van der Waals surface area contributed by atoms with Gasteiger partial charge in [0, 0.05) is 49.4 Å². The van der Waals surface area contributed by atoms with Crippen LogP contribution in [0.5, 0.6) is 0 Å². The third-order valence-corrected chi connectivity index (χ3v) is 8.66. The lowest BCUT2D eigenvalue weighted by Crippen LogP contribution is -1.98. The Kier molecular flexibility index (Phi) is 2.65. The predicted molar refractivity (Wildman–Crippen MR) is 215 cm³/mol. The topological polar surface area (TPSA) is 14.8 Å². The number of hydrogen-bond donors (Lipinski definition) is 0. The number of nitrogens with zero attached hydrogens (tertiary/aromatic N) is 3. The van der Waals surface area contributed by atoms with Crippen molar-refractivity contribution in [3.05, 3.63) is 187 Å². The molecule has 11 rings (SSSR count). The highest BCUT2D eigenvalue weighted by molar-refractivity contribution is 6.13. The summed E-state index contributed by atoms with van der Waals surface area (Å²) in [5.74, 6) is 0. The maximum absolute atomic E-state index is 10.2. The van der Waals surface area contributed by atoms with Crippen molar-refractivity contribution in [1.82, 2.24) is 13.7 Å². The average molecular weight is 677 g/mol. The van der Waals surface area contributed by atoms with Crippen molar-refractivity contribution >= 4 is 65.4 Å². The third-order valence-electron chi connectivity index (χ3n) is 8.66. The second-order valence-electron chi connectivity index (χ2n) is 11.3. The van der Waals surface area contributed by atoms with Gasteiger partial charge in [0.25, 0.3) is 0 Å². The lowest BCUT2D eigenvalue weighted by Gasteiger charge is -2.13. The van der Waals surface area contributed by atoms with E-state index in [4.69, 9.17) is 24.7 Å². The molecule has 3 aromatic heterocycles. The zero-order valence-electron chi connectivity index (χ0n) is 52.7. The molecule has 0 amide bonds. The van der Waals surface area contributed by atoms with Crippen molar-refractivity contribution in [1.29, 1.82) is 0 Å². The van der Waals surface area contributed by atoms with Crippen LogP contribution < -0.4 is 0 Å². The Hall–Kier alpha value is -6.84. The van der Waals surface area contributed by atoms with Crippen molar-refractivity contribution in [2.75, 3.05) is 0 Å². The summed E-state index contributed by atoms with van der Waals surface area (Å²) >= 11 is 0. The molecule has 0 unspecified atom stereocenters. The number of para-hydroxylation sites is 4. The molecule has 0 aliphatic heterocycles. The zero-order valence-corrected chi connectivity index (χ0v) is 25.7. The molecule has 0 fully saturated rings. The molecule has 0 radical (unpaired) electrons. The summed E-state index contributed by atoms with van der Waals surface area (Å²) in [6.07, 6.45) is 0. The van der Waals surface area contributed by atoms with Crippen LogP contribution in [0.3, 0.4) is 0 Å². The number of fused-ring (bicyclic) bond motifs is 9. The standard InChI is InChI=1S/C48H31N3/c1-2-13-32(14-3-1)33-15-12-16-34(29-33)50-45-23-10-6-19-39(45)41-28-26-36(31-47(41)50)51-46-24-11-7-20-40(46)42-27-25-35(30-48(42)51)49-43-21-8-4-17-37(43)38-18-5-9-22-44(38)49/h1-31H/i1D,2D,3D,4D,5D,6D,7D,8D,9D,10D,11D,13D,14D,17D,18D,19D,20D,21D,22D,23D,24D,25D,26D,27D,28D,30D,31D. The van der Waals surface area contributed by atoms with E-state index in [1.54, 1.807) is 0 Å². The molecule has 3 heteroatoms. The molecule has 0 atom stereocenters. The van der Waals surface area contributed by atoms with Crippen LogP contribution in [0.15, 0.2) is 187 Å². The smallest absolute Gasteiger partial charge is 0.0667 e. The van der Waals surface area contributed by atoms with Crippen LogP contribution in [-0.2, 0) is 0 Å². The highest BCUT2D eigenvalue weighted by Crippen LogP contribution is 2.39. The highest BCUT2D eigenvalue weighted by Gasteiger charge is 2.18. The van der Waals surface area contributed by atoms with Gasteiger partial charge in [0.05, 0.1) is 70.1 Å². The number of rotatable bonds is 4. The van der Waals surface area contributed by atoms with Crippen LogP contribution >= 0.6 is 0 Å². The van der Waals surface area contributed by atoms with Gasteiger partial charge in [0.1, 0.15) is 0 Å². The molecule has 3 nitrogen and oxygen atoms in total. The Morgan fingerprint density at radius 1 is 0.314 bits per heavy atom. The van der Waals surface area contributed by atoms with Gasteiger partial charge in [-0.1, -0.05) is 127 Å². The molecule has 0 N–H and O–H groups in total. The van der Waals surface area contributed by atoms with E-state index in [0.717, 1.165) is 13.7 Å². The van der Waals surface area contributed by atoms with Gasteiger partial charge in [-0.2, -0.15) is 0 Å². The van der Waals surface area contributed by atoms with Crippen LogP contribution in [-0.4, -0.2) is 13.7 Å². The van der Waals surface area contributed by atoms with Crippen molar-refractivity contribution < 1.29 is 37.0 Å². The van der Waals surface area contributed by atoms with Crippen LogP contribution in [0.4, 0.5) is 0 Å². The van der Waals surface area contributed by atoms with E-state index in [1.807, 2.05) is 0 Å². The quantitative estimate of drug-likeness (QED) is 0.176. The lowest BCUT2D eigenvalue weighted by molar-refractivity contribution is 1.14. The predicted octanol–water partition coefficient (Wildman–Crippen LogP) is 12.6. The second-order valence-corrected chi connectivity index (χ2v) is 11.3. The van der Waals surface area contributed by atoms with E-state index in [-0.39, 0.29) is 27.7 Å². The molecule has 0 saturated heterocycles. The summed E-state index contributed by atoms with van der Waals surface area (Å²) in [5, 5.41) is -2.80. The maximum Gasteiger partial charge on any atom is 0.0667 e. The van der Waals surface area contributed by atoms with E-state index >= 15 is 0 Å². The normalized spacial score (nSPS) is 19.3. The van der Waals surface area contributed by atoms with E-state index in [2.05, 4.69) is 0 Å². The number of hydrogen-bond acceptors (Lipinski definition) is 0. The van der Waals surface area contributed by atoms with E-state index in [0.29, 0.717) is 0 Å². The van der Waals surface area contributed by atoms with E-state index in [9.17, 15) is 12.3 Å². The zero-order chi connectivity index (χ0) is 57.0. The van der Waals surface area contributed by atoms with Gasteiger partial charge >= 0.3 is 0 Å². The van der Waals surface area contributed by atoms with Crippen molar-refractivity contribution in [3.63, 3.8) is 0 Å². The van der Waals surface area contributed by atoms with Gasteiger partial charge in [0.2, 0.25) is 0 Å². The van der Waals surface area contributed by atoms with E-state index in [1.165, 1.54) is 24.3 Å². The molecule has 3 heterocycles. The molecule has 0 aliphatic rings. The van der Waals surface area contributed by atoms with Gasteiger partial charge in [-0.05, 0) is 71.6 Å². The number of aromatic nitrogens is 3. The molecule has 8 aromatic carbocycles. The third kappa shape index (κ3) is 4.12. The van der Waals surface area contributed by atoms with Gasteiger partial charge in [0.15, 0.2) is 0 Å². The Labute approximate surface area is 332 Å². The van der Waals surface area contributed by atoms with Crippen LogP contribution in [0, 0.1) is 0 Å². The van der Waals surface area contributed by atoms with Gasteiger partial charge in [-0.3, -0.25) is 0 Å². The summed E-state index contributed by atoms with van der Waals surface area (Å²) < 4.78 is 247. The second kappa shape index (κ2) is 10.8. The molecule has 11 aromatic rings. The first kappa shape index (κ1) is 12.5. The fourth-order valence-corrected chi connectivity index (χ4v) is 6.55. The van der Waals surface area contributed by atoms with Gasteiger partial charge < -0.3 is 13.7 Å². The molecule has 0 saturated carbocycles. The minimum absolute atomic E-state index is 0.00553. The fraction of sp³-hybridized carbons (Fsp3) is 0. The maximum atomic E-state index is 10.2. The van der Waals surface area contributed by atoms with Crippen LogP contribution in [0.25, 0.3) is 93.6 Å². The molecule has 0 spiro atoms. The molecular formula is C48H31N3. The Bertz CT molecular complexity index is 4600. The first-order chi connectivity index (χ1) is 36.6. The Morgan fingerprint density at radius 2 is 0.706 bits per heavy atom. The molecule has 0 bridgehead atoms. The Morgan fingerprint density at radius 3 is 1.20 bits per heavy atom. The summed E-state index contributed by atoms with van der Waals surface area (Å²) in [7, 11) is 0. The number of benzene rings is 8. The van der Waals surface area contributed by atoms with Crippen LogP contribution in [0.2, 0.25) is 0 Å². The van der Waals surface area contributed by atoms with Crippen molar-refractivity contribution in [2.45, 2.75) is 0 Å². The summed E-state index contributed by atoms with van der Waals surface area (Å²) in [6, 6.07) is -16.2. The van der Waals surface area contributed by atoms with Gasteiger partial charge in [-0.25, -0.2) is 0 Å². The van der Waals surface area contributed by atoms with Gasteiger partial charge in [-0.15, -0.1) is 0 Å². The van der Waals surface area contributed by atoms with E-state index < -0.39 is 229 Å². The summed E-state index contributed by atoms with van der Waals surface area (Å²) in [4.78, 5) is 0. The monoisotopic (exact) mass is 676 g/mol. The van der Waals surface area contributed by atoms with Crippen molar-refractivity contribution in [3.8, 4) is 28.2 Å². The first-order valence-electron chi connectivity index (χ1n) is 28.8. The molecule has 0 aliphatic carbocycles. The average Bonchev–Trinajstić information content (AvgIpc) is 4.22. The fourth-order valence-electron chi connectivity index (χ4n) is 6.55. The lowest BCUT2D eigenvalue weighted by atomic mass is 10.1. The minimum atomic E-state index is -0.950. The first-order valence-corrected chi connectivity index (χ1v) is 15.3. The van der Waals surface area contributed by atoms with Crippen LogP contribution in [0.1, 0.15) is 37.0 Å². The SMILES string of the molecule is [2H]c1c([2H])c([2H])c(-c2cccc(-n3c4c([2H])c([2H])c([2H])c([2H])c4c4c([2H])c([2H])c(-n5c6c([2H])c([2H])c([2H])c([2H])c6c6c([2H])c([2H])c(-n7c8c([2H])c([2H])c([2H])c([2H])c8c8c([2H])c([2H])c([2H])c([2H])c87)c([2H])c65)c([2H])c43)c2)c([2H])c1[2H]. The largest absolute Gasteiger partial charge is 0.309 e. The Balaban J connectivity index is 1.39. The summed E-state index contributed by atoms with van der Waals surface area (Å²) in [5.41, 5.74) is -5.15. The molecule has 51 heavy (non-hydrogen) atoms. The van der Waals surface area contributed by atoms with Crippen molar-refractivity contribution in [2.24, 2.45) is 0 Å². The highest BCUT2D eigenvalue weighted by atomic mass is 15.0.